The number of para-hydroxylation sites is 6. The molecule has 95 heavy (non-hydrogen) atoms. The highest BCUT2D eigenvalue weighted by Gasteiger charge is 2.21. The van der Waals surface area contributed by atoms with Crippen LogP contribution < -0.4 is 5.46 Å². The van der Waals surface area contributed by atoms with Crippen LogP contribution in [0.15, 0.2) is 326 Å². The second-order valence-corrected chi connectivity index (χ2v) is 25.9. The molecule has 0 fully saturated rings. The first-order chi connectivity index (χ1) is 46.7. The van der Waals surface area contributed by atoms with Crippen LogP contribution in [0.1, 0.15) is 0 Å². The quantitative estimate of drug-likeness (QED) is 0.162. The third-order valence-corrected chi connectivity index (χ3v) is 19.5. The zero-order valence-electron chi connectivity index (χ0n) is 50.7. The fourth-order valence-electron chi connectivity index (χ4n) is 14.2. The lowest BCUT2D eigenvalue weighted by atomic mass is 9.80. The summed E-state index contributed by atoms with van der Waals surface area (Å²) in [6.45, 7) is 0. The Morgan fingerprint density at radius 2 is 0.547 bits per heavy atom. The molecule has 2 N–H and O–H groups in total. The molecule has 20 rings (SSSR count). The van der Waals surface area contributed by atoms with E-state index in [-0.39, 0.29) is 0 Å². The molecular weight excluding hydrogens is 1300 g/mol. The van der Waals surface area contributed by atoms with E-state index in [4.69, 9.17) is 13.3 Å². The normalized spacial score (nSPS) is 11.8. The molecule has 0 aliphatic heterocycles. The minimum atomic E-state index is -1.49. The summed E-state index contributed by atoms with van der Waals surface area (Å²) in [6.07, 6.45) is 0. The standard InChI is InChI=1S/C54H32N2O2.C24H16BNO3.C6H4Br2/c1-5-16-47-39(12-1)43-29-35(20-24-49(43)55(47)37-22-26-53-45(31-37)41-14-3-7-18-51(41)57-53)33-10-9-11-34(28-33)36-21-25-50-44(30-36)40-13-2-6-17-48(40)56(50)38-23-27-54-46(32-38)42-15-4-8-19-52(42)58-54;27-25(28)15-9-11-22-19(13-15)17-5-1-3-7-21(17)26(22)16-10-12-24-20(14-16)18-6-2-4-8-23(18)29-24;7-5-2-1-3-6(8)4-5/h1-32H;1-14,27-28H;1-4H. The third kappa shape index (κ3) is 9.65. The lowest BCUT2D eigenvalue weighted by Crippen LogP contribution is -2.29. The monoisotopic (exact) mass is 1350 g/mol. The summed E-state index contributed by atoms with van der Waals surface area (Å²) in [6, 6.07) is 106. The highest BCUT2D eigenvalue weighted by Crippen LogP contribution is 2.42. The van der Waals surface area contributed by atoms with Crippen molar-refractivity contribution in [3.8, 4) is 39.3 Å². The van der Waals surface area contributed by atoms with Gasteiger partial charge in [0, 0.05) is 90.6 Å². The minimum absolute atomic E-state index is 0.483. The molecule has 0 saturated carbocycles. The van der Waals surface area contributed by atoms with Crippen molar-refractivity contribution in [1.29, 1.82) is 0 Å². The molecule has 0 saturated heterocycles. The van der Waals surface area contributed by atoms with E-state index in [0.29, 0.717) is 5.46 Å². The Bertz CT molecular complexity index is 6200. The number of furan rings is 3. The SMILES string of the molecule is Brc1cccc(Br)c1.OB(O)c1ccc2c(c1)c1ccccc1n2-c1ccc2oc3ccccc3c2c1.c1cc(-c2ccc3c(c2)c2ccccc2n3-c2ccc3oc4ccccc4c3c2)cc(-c2ccc3c(c2)c2ccccc2n3-c2ccc3oc4ccccc4c3c2)c1. The van der Waals surface area contributed by atoms with Crippen LogP contribution in [-0.4, -0.2) is 30.9 Å². The maximum absolute atomic E-state index is 9.61. The molecule has 20 aromatic rings. The van der Waals surface area contributed by atoms with Gasteiger partial charge in [0.25, 0.3) is 0 Å². The van der Waals surface area contributed by atoms with E-state index in [2.05, 4.69) is 246 Å². The molecular formula is C84H52BBr2N3O5. The Kier molecular flexibility index (Phi) is 13.6. The number of benzene rings is 14. The van der Waals surface area contributed by atoms with E-state index in [9.17, 15) is 10.0 Å². The summed E-state index contributed by atoms with van der Waals surface area (Å²) < 4.78 is 27.5. The van der Waals surface area contributed by atoms with E-state index in [1.165, 1.54) is 65.9 Å². The average Bonchev–Trinajstić information content (AvgIpc) is 1.60. The molecule has 0 aliphatic carbocycles. The number of aromatic nitrogens is 3. The number of hydrogen-bond acceptors (Lipinski definition) is 5. The third-order valence-electron chi connectivity index (χ3n) is 18.5. The van der Waals surface area contributed by atoms with Gasteiger partial charge >= 0.3 is 7.12 Å². The second-order valence-electron chi connectivity index (χ2n) is 24.0. The molecule has 0 spiro atoms. The van der Waals surface area contributed by atoms with Crippen molar-refractivity contribution in [2.75, 3.05) is 0 Å². The summed E-state index contributed by atoms with van der Waals surface area (Å²) in [7, 11) is -1.49. The minimum Gasteiger partial charge on any atom is -0.456 e. The fourth-order valence-corrected chi connectivity index (χ4v) is 15.3. The van der Waals surface area contributed by atoms with E-state index in [1.807, 2.05) is 97.1 Å². The summed E-state index contributed by atoms with van der Waals surface area (Å²) in [5.74, 6) is 0. The molecule has 0 atom stereocenters. The molecule has 8 nitrogen and oxygen atoms in total. The second kappa shape index (κ2) is 22.8. The molecule has 6 heterocycles. The molecule has 0 unspecified atom stereocenters. The molecule has 11 heteroatoms. The van der Waals surface area contributed by atoms with Gasteiger partial charge in [-0.25, -0.2) is 0 Å². The van der Waals surface area contributed by atoms with Crippen LogP contribution in [0.4, 0.5) is 0 Å². The lowest BCUT2D eigenvalue weighted by Gasteiger charge is -2.10. The predicted molar refractivity (Wildman–Crippen MR) is 400 cm³/mol. The van der Waals surface area contributed by atoms with Crippen molar-refractivity contribution in [2.24, 2.45) is 0 Å². The van der Waals surface area contributed by atoms with Crippen LogP contribution in [0.2, 0.25) is 0 Å². The number of fused-ring (bicyclic) bond motifs is 18. The van der Waals surface area contributed by atoms with E-state index in [0.717, 1.165) is 114 Å². The van der Waals surface area contributed by atoms with Crippen LogP contribution in [0.5, 0.6) is 0 Å². The maximum Gasteiger partial charge on any atom is 0.488 e. The first-order valence-corrected chi connectivity index (χ1v) is 33.0. The van der Waals surface area contributed by atoms with E-state index in [1.54, 1.807) is 6.07 Å². The Balaban J connectivity index is 0.000000147. The summed E-state index contributed by atoms with van der Waals surface area (Å²) in [5, 5.41) is 32.9. The Morgan fingerprint density at radius 1 is 0.232 bits per heavy atom. The fraction of sp³-hybridized carbons (Fsp3) is 0. The molecule has 0 aliphatic rings. The summed E-state index contributed by atoms with van der Waals surface area (Å²) in [4.78, 5) is 0. The number of hydrogen-bond donors (Lipinski definition) is 2. The smallest absolute Gasteiger partial charge is 0.456 e. The Labute approximate surface area is 560 Å². The van der Waals surface area contributed by atoms with Gasteiger partial charge in [0.15, 0.2) is 0 Å². The number of halogens is 2. The Hall–Kier alpha value is -11.2. The zero-order chi connectivity index (χ0) is 63.4. The van der Waals surface area contributed by atoms with Gasteiger partial charge in [0.05, 0.1) is 33.1 Å². The van der Waals surface area contributed by atoms with Gasteiger partial charge in [-0.3, -0.25) is 0 Å². The molecule has 0 amide bonds. The molecule has 0 radical (unpaired) electrons. The van der Waals surface area contributed by atoms with Gasteiger partial charge in [0.2, 0.25) is 0 Å². The molecule has 450 valence electrons. The maximum atomic E-state index is 9.61. The van der Waals surface area contributed by atoms with Crippen LogP contribution >= 0.6 is 31.9 Å². The Morgan fingerprint density at radius 3 is 0.926 bits per heavy atom. The average molecular weight is 1350 g/mol. The molecule has 14 aromatic carbocycles. The highest BCUT2D eigenvalue weighted by atomic mass is 79.9. The van der Waals surface area contributed by atoms with Crippen molar-refractivity contribution >= 4 is 176 Å². The molecule has 0 bridgehead atoms. The van der Waals surface area contributed by atoms with Gasteiger partial charge < -0.3 is 37.0 Å². The highest BCUT2D eigenvalue weighted by molar-refractivity contribution is 9.11. The van der Waals surface area contributed by atoms with Gasteiger partial charge in [0.1, 0.15) is 33.5 Å². The van der Waals surface area contributed by atoms with E-state index < -0.39 is 7.12 Å². The molecule has 6 aromatic heterocycles. The van der Waals surface area contributed by atoms with Gasteiger partial charge in [-0.2, -0.15) is 0 Å². The summed E-state index contributed by atoms with van der Waals surface area (Å²) in [5.41, 5.74) is 20.7. The predicted octanol–water partition coefficient (Wildman–Crippen LogP) is 22.6. The van der Waals surface area contributed by atoms with Gasteiger partial charge in [-0.05, 0) is 173 Å². The first kappa shape index (κ1) is 56.6. The topological polar surface area (TPSA) is 94.7 Å². The largest absolute Gasteiger partial charge is 0.488 e. The van der Waals surface area contributed by atoms with Crippen LogP contribution in [-0.2, 0) is 0 Å². The van der Waals surface area contributed by atoms with Gasteiger partial charge in [-0.15, -0.1) is 0 Å². The lowest BCUT2D eigenvalue weighted by molar-refractivity contribution is 0.426. The van der Waals surface area contributed by atoms with Crippen LogP contribution in [0.25, 0.3) is 171 Å². The van der Waals surface area contributed by atoms with Crippen molar-refractivity contribution in [1.82, 2.24) is 13.7 Å². The van der Waals surface area contributed by atoms with Crippen LogP contribution in [0, 0.1) is 0 Å². The van der Waals surface area contributed by atoms with Crippen molar-refractivity contribution in [3.63, 3.8) is 0 Å². The number of rotatable bonds is 6. The van der Waals surface area contributed by atoms with Crippen LogP contribution in [0.3, 0.4) is 0 Å². The van der Waals surface area contributed by atoms with E-state index >= 15 is 0 Å². The first-order valence-electron chi connectivity index (χ1n) is 31.5. The summed E-state index contributed by atoms with van der Waals surface area (Å²) >= 11 is 6.66. The van der Waals surface area contributed by atoms with Gasteiger partial charge in [-0.1, -0.05) is 190 Å². The van der Waals surface area contributed by atoms with Crippen molar-refractivity contribution < 1.29 is 23.3 Å². The zero-order valence-corrected chi connectivity index (χ0v) is 53.8. The number of nitrogens with zero attached hydrogens (tertiary/aromatic N) is 3. The van der Waals surface area contributed by atoms with Crippen molar-refractivity contribution in [2.45, 2.75) is 0 Å². The van der Waals surface area contributed by atoms with Crippen molar-refractivity contribution in [3.05, 3.63) is 312 Å².